The minimum absolute atomic E-state index is 0.0887. The zero-order valence-corrected chi connectivity index (χ0v) is 20.3. The van der Waals surface area contributed by atoms with Gasteiger partial charge >= 0.3 is 0 Å². The third kappa shape index (κ3) is 4.39. The van der Waals surface area contributed by atoms with Gasteiger partial charge in [0.15, 0.2) is 5.65 Å². The number of fused-ring (bicyclic) bond motifs is 1. The maximum Gasteiger partial charge on any atom is 0.254 e. The molecule has 0 aromatic carbocycles. The van der Waals surface area contributed by atoms with Gasteiger partial charge in [-0.2, -0.15) is 5.10 Å². The van der Waals surface area contributed by atoms with Crippen LogP contribution in [0, 0.1) is 19.8 Å². The Kier molecular flexibility index (Phi) is 6.17. The lowest BCUT2D eigenvalue weighted by molar-refractivity contribution is 0.0625. The van der Waals surface area contributed by atoms with Gasteiger partial charge in [-0.25, -0.2) is 9.67 Å². The summed E-state index contributed by atoms with van der Waals surface area (Å²) < 4.78 is 1.92. The van der Waals surface area contributed by atoms with Gasteiger partial charge in [-0.3, -0.25) is 9.69 Å². The Hall–Kier alpha value is -2.25. The van der Waals surface area contributed by atoms with Crippen LogP contribution >= 0.6 is 11.3 Å². The number of aryl methyl sites for hydroxylation is 2. The quantitative estimate of drug-likeness (QED) is 0.575. The van der Waals surface area contributed by atoms with E-state index in [4.69, 9.17) is 4.98 Å². The highest BCUT2D eigenvalue weighted by atomic mass is 32.1. The molecule has 1 aliphatic heterocycles. The minimum Gasteiger partial charge on any atom is -0.336 e. The molecule has 3 aromatic heterocycles. The van der Waals surface area contributed by atoms with Gasteiger partial charge < -0.3 is 4.90 Å². The number of nitrogens with zero attached hydrogens (tertiary/aromatic N) is 5. The van der Waals surface area contributed by atoms with Crippen molar-refractivity contribution in [1.29, 1.82) is 0 Å². The standard InChI is InChI=1S/C24H33N5OS/c1-15(2)14-27-7-9-28(10-8-27)24(30)20-12-22(19-11-17(5)31-18(19)6)26-23-21(20)13-25-29(23)16(3)4/h11-13,15-16H,7-10,14H2,1-6H3. The summed E-state index contributed by atoms with van der Waals surface area (Å²) in [5, 5.41) is 5.41. The summed E-state index contributed by atoms with van der Waals surface area (Å²) in [5.41, 5.74) is 3.47. The first-order valence-electron chi connectivity index (χ1n) is 11.2. The van der Waals surface area contributed by atoms with Crippen LogP contribution < -0.4 is 0 Å². The van der Waals surface area contributed by atoms with Crippen molar-refractivity contribution in [2.45, 2.75) is 47.6 Å². The molecule has 4 rings (SSSR count). The predicted molar refractivity (Wildman–Crippen MR) is 128 cm³/mol. The fourth-order valence-electron chi connectivity index (χ4n) is 4.42. The van der Waals surface area contributed by atoms with Crippen LogP contribution in [0.2, 0.25) is 0 Å². The van der Waals surface area contributed by atoms with Crippen LogP contribution in [0.25, 0.3) is 22.3 Å². The molecule has 1 amide bonds. The molecule has 4 heterocycles. The number of hydrogen-bond donors (Lipinski definition) is 0. The molecule has 0 spiro atoms. The number of thiophene rings is 1. The maximum atomic E-state index is 13.6. The second-order valence-electron chi connectivity index (χ2n) is 9.29. The summed E-state index contributed by atoms with van der Waals surface area (Å²) in [5.74, 6) is 0.731. The Balaban J connectivity index is 1.73. The number of amides is 1. The number of hydrogen-bond acceptors (Lipinski definition) is 5. The normalized spacial score (nSPS) is 15.5. The van der Waals surface area contributed by atoms with Crippen molar-refractivity contribution in [3.63, 3.8) is 0 Å². The Bertz CT molecular complexity index is 1090. The Morgan fingerprint density at radius 3 is 2.39 bits per heavy atom. The molecular formula is C24H33N5OS. The van der Waals surface area contributed by atoms with Gasteiger partial charge in [0.05, 0.1) is 22.8 Å². The van der Waals surface area contributed by atoms with Crippen LogP contribution in [0.5, 0.6) is 0 Å². The van der Waals surface area contributed by atoms with Crippen LogP contribution in [0.3, 0.4) is 0 Å². The van der Waals surface area contributed by atoms with Crippen molar-refractivity contribution < 1.29 is 4.79 Å². The van der Waals surface area contributed by atoms with Gasteiger partial charge in [0, 0.05) is 54.1 Å². The molecule has 1 fully saturated rings. The molecule has 0 aliphatic carbocycles. The molecule has 0 N–H and O–H groups in total. The summed E-state index contributed by atoms with van der Waals surface area (Å²) in [7, 11) is 0. The van der Waals surface area contributed by atoms with Gasteiger partial charge in [-0.05, 0) is 45.7 Å². The second kappa shape index (κ2) is 8.71. The summed E-state index contributed by atoms with van der Waals surface area (Å²) in [4.78, 5) is 25.5. The van der Waals surface area contributed by atoms with E-state index in [0.717, 1.165) is 55.0 Å². The molecule has 31 heavy (non-hydrogen) atoms. The zero-order chi connectivity index (χ0) is 22.3. The lowest BCUT2D eigenvalue weighted by atomic mass is 10.1. The zero-order valence-electron chi connectivity index (χ0n) is 19.5. The van der Waals surface area contributed by atoms with Crippen LogP contribution in [0.1, 0.15) is 53.8 Å². The predicted octanol–water partition coefficient (Wildman–Crippen LogP) is 4.77. The molecular weight excluding hydrogens is 406 g/mol. The van der Waals surface area contributed by atoms with E-state index in [0.29, 0.717) is 11.5 Å². The van der Waals surface area contributed by atoms with Crippen LogP contribution in [-0.4, -0.2) is 63.2 Å². The van der Waals surface area contributed by atoms with E-state index in [-0.39, 0.29) is 11.9 Å². The molecule has 7 heteroatoms. The van der Waals surface area contributed by atoms with Crippen molar-refractivity contribution >= 4 is 28.3 Å². The molecule has 6 nitrogen and oxygen atoms in total. The van der Waals surface area contributed by atoms with Gasteiger partial charge in [0.25, 0.3) is 5.91 Å². The van der Waals surface area contributed by atoms with Gasteiger partial charge in [-0.1, -0.05) is 13.8 Å². The van der Waals surface area contributed by atoms with Crippen molar-refractivity contribution in [3.05, 3.63) is 33.6 Å². The molecule has 0 bridgehead atoms. The van der Waals surface area contributed by atoms with Gasteiger partial charge in [0.2, 0.25) is 0 Å². The lowest BCUT2D eigenvalue weighted by Gasteiger charge is -2.35. The molecule has 1 saturated heterocycles. The first-order valence-corrected chi connectivity index (χ1v) is 12.0. The summed E-state index contributed by atoms with van der Waals surface area (Å²) >= 11 is 1.77. The van der Waals surface area contributed by atoms with Crippen LogP contribution in [0.4, 0.5) is 0 Å². The lowest BCUT2D eigenvalue weighted by Crippen LogP contribution is -2.49. The number of carbonyl (C=O) groups excluding carboxylic acids is 1. The van der Waals surface area contributed by atoms with E-state index >= 15 is 0 Å². The van der Waals surface area contributed by atoms with Crippen molar-refractivity contribution in [3.8, 4) is 11.3 Å². The van der Waals surface area contributed by atoms with Crippen molar-refractivity contribution in [1.82, 2.24) is 24.6 Å². The smallest absolute Gasteiger partial charge is 0.254 e. The van der Waals surface area contributed by atoms with E-state index in [9.17, 15) is 4.79 Å². The third-order valence-corrected chi connectivity index (χ3v) is 6.85. The average Bonchev–Trinajstić information content (AvgIpc) is 3.29. The molecule has 166 valence electrons. The van der Waals surface area contributed by atoms with Crippen molar-refractivity contribution in [2.75, 3.05) is 32.7 Å². The van der Waals surface area contributed by atoms with E-state index in [1.165, 1.54) is 9.75 Å². The molecule has 0 atom stereocenters. The van der Waals surface area contributed by atoms with Crippen molar-refractivity contribution in [2.24, 2.45) is 5.92 Å². The van der Waals surface area contributed by atoms with Gasteiger partial charge in [-0.15, -0.1) is 11.3 Å². The minimum atomic E-state index is 0.0887. The SMILES string of the molecule is Cc1cc(-c2cc(C(=O)N3CCN(CC(C)C)CC3)c3cnn(C(C)C)c3n2)c(C)s1. The summed E-state index contributed by atoms with van der Waals surface area (Å²) in [6.45, 7) is 17.4. The number of carbonyl (C=O) groups is 1. The monoisotopic (exact) mass is 439 g/mol. The largest absolute Gasteiger partial charge is 0.336 e. The molecule has 1 aliphatic rings. The third-order valence-electron chi connectivity index (χ3n) is 5.89. The molecule has 0 unspecified atom stereocenters. The molecule has 0 radical (unpaired) electrons. The first kappa shape index (κ1) is 22.0. The summed E-state index contributed by atoms with van der Waals surface area (Å²) in [6.07, 6.45) is 1.81. The van der Waals surface area contributed by atoms with E-state index < -0.39 is 0 Å². The van der Waals surface area contributed by atoms with Crippen LogP contribution in [0.15, 0.2) is 18.3 Å². The number of pyridine rings is 1. The highest BCUT2D eigenvalue weighted by molar-refractivity contribution is 7.12. The fraction of sp³-hybridized carbons (Fsp3) is 0.542. The Morgan fingerprint density at radius 1 is 1.10 bits per heavy atom. The highest BCUT2D eigenvalue weighted by Crippen LogP contribution is 2.33. The van der Waals surface area contributed by atoms with E-state index in [2.05, 4.69) is 57.6 Å². The number of rotatable bonds is 5. The average molecular weight is 440 g/mol. The topological polar surface area (TPSA) is 54.3 Å². The van der Waals surface area contributed by atoms with Crippen LogP contribution in [-0.2, 0) is 0 Å². The Labute approximate surface area is 188 Å². The molecule has 3 aromatic rings. The highest BCUT2D eigenvalue weighted by Gasteiger charge is 2.26. The Morgan fingerprint density at radius 2 is 1.81 bits per heavy atom. The van der Waals surface area contributed by atoms with E-state index in [1.54, 1.807) is 17.5 Å². The fourth-order valence-corrected chi connectivity index (χ4v) is 5.35. The number of piperazine rings is 1. The first-order chi connectivity index (χ1) is 14.7. The van der Waals surface area contributed by atoms with E-state index in [1.807, 2.05) is 15.6 Å². The molecule has 0 saturated carbocycles. The maximum absolute atomic E-state index is 13.6. The number of aromatic nitrogens is 3. The van der Waals surface area contributed by atoms with Gasteiger partial charge in [0.1, 0.15) is 0 Å². The second-order valence-corrected chi connectivity index (χ2v) is 10.7. The summed E-state index contributed by atoms with van der Waals surface area (Å²) in [6, 6.07) is 4.32.